The van der Waals surface area contributed by atoms with Gasteiger partial charge in [0.1, 0.15) is 6.61 Å². The third-order valence-corrected chi connectivity index (χ3v) is 4.35. The number of benzene rings is 1. The summed E-state index contributed by atoms with van der Waals surface area (Å²) in [6.07, 6.45) is 5.91. The van der Waals surface area contributed by atoms with Crippen molar-refractivity contribution in [2.24, 2.45) is 5.73 Å². The Morgan fingerprint density at radius 3 is 2.93 bits per heavy atom. The fraction of sp³-hybridized carbons (Fsp3) is 0.211. The number of nitrogens with zero attached hydrogens (tertiary/aromatic N) is 5. The molecule has 0 bridgehead atoms. The van der Waals surface area contributed by atoms with Crippen LogP contribution < -0.4 is 10.5 Å². The number of aromatic carboxylic acids is 1. The number of hydrogen-bond acceptors (Lipinski definition) is 7. The standard InChI is InChI=1S/C19H18N6O3/c20-5-3-13-11-25(24-23-13)7-8-28-18-15-4-6-21-10-16(15)14-2-1-12(19(26)27)9-17(14)22-18/h1-2,4,6,9-11H,3,5,7-8,20H2,(H,26,27). The molecular weight excluding hydrogens is 360 g/mol. The lowest BCUT2D eigenvalue weighted by molar-refractivity contribution is 0.0697. The lowest BCUT2D eigenvalue weighted by atomic mass is 10.1. The molecular formula is C19H18N6O3. The van der Waals surface area contributed by atoms with Gasteiger partial charge in [-0.05, 0) is 24.7 Å². The average Bonchev–Trinajstić information content (AvgIpc) is 3.15. The lowest BCUT2D eigenvalue weighted by Crippen LogP contribution is -2.10. The van der Waals surface area contributed by atoms with Gasteiger partial charge in [0.15, 0.2) is 0 Å². The number of carboxylic acids is 1. The number of rotatable bonds is 7. The molecule has 0 amide bonds. The van der Waals surface area contributed by atoms with Crippen LogP contribution in [0.1, 0.15) is 16.1 Å². The molecule has 9 heteroatoms. The van der Waals surface area contributed by atoms with Crippen LogP contribution in [0, 0.1) is 0 Å². The Kier molecular flexibility index (Phi) is 4.81. The highest BCUT2D eigenvalue weighted by molar-refractivity contribution is 6.08. The van der Waals surface area contributed by atoms with Gasteiger partial charge in [-0.3, -0.25) is 4.98 Å². The molecule has 0 spiro atoms. The molecule has 0 aliphatic rings. The topological polar surface area (TPSA) is 129 Å². The number of ether oxygens (including phenoxy) is 1. The van der Waals surface area contributed by atoms with Gasteiger partial charge in [0.2, 0.25) is 5.88 Å². The van der Waals surface area contributed by atoms with Gasteiger partial charge in [-0.2, -0.15) is 0 Å². The van der Waals surface area contributed by atoms with Crippen molar-refractivity contribution in [2.45, 2.75) is 13.0 Å². The summed E-state index contributed by atoms with van der Waals surface area (Å²) in [5.41, 5.74) is 7.07. The number of carbonyl (C=O) groups is 1. The molecule has 0 saturated heterocycles. The predicted molar refractivity (Wildman–Crippen MR) is 102 cm³/mol. The monoisotopic (exact) mass is 378 g/mol. The summed E-state index contributed by atoms with van der Waals surface area (Å²) in [4.78, 5) is 20.0. The molecule has 0 unspecified atom stereocenters. The molecule has 28 heavy (non-hydrogen) atoms. The molecule has 4 rings (SSSR count). The average molecular weight is 378 g/mol. The van der Waals surface area contributed by atoms with Crippen LogP contribution in [0.4, 0.5) is 0 Å². The van der Waals surface area contributed by atoms with Crippen molar-refractivity contribution >= 4 is 27.6 Å². The third-order valence-electron chi connectivity index (χ3n) is 4.35. The summed E-state index contributed by atoms with van der Waals surface area (Å²) in [5.74, 6) is -0.577. The number of fused-ring (bicyclic) bond motifs is 3. The minimum absolute atomic E-state index is 0.171. The van der Waals surface area contributed by atoms with E-state index in [0.29, 0.717) is 37.5 Å². The van der Waals surface area contributed by atoms with Crippen LogP contribution in [0.2, 0.25) is 0 Å². The maximum Gasteiger partial charge on any atom is 0.335 e. The second kappa shape index (κ2) is 7.57. The fourth-order valence-corrected chi connectivity index (χ4v) is 3.01. The van der Waals surface area contributed by atoms with E-state index in [1.165, 1.54) is 6.07 Å². The number of hydrogen-bond donors (Lipinski definition) is 2. The van der Waals surface area contributed by atoms with E-state index in [4.69, 9.17) is 10.5 Å². The molecule has 0 aliphatic heterocycles. The van der Waals surface area contributed by atoms with E-state index in [2.05, 4.69) is 20.3 Å². The highest BCUT2D eigenvalue weighted by Crippen LogP contribution is 2.30. The molecule has 3 N–H and O–H groups in total. The first-order valence-corrected chi connectivity index (χ1v) is 8.78. The van der Waals surface area contributed by atoms with E-state index in [9.17, 15) is 9.90 Å². The quantitative estimate of drug-likeness (QED) is 0.465. The largest absolute Gasteiger partial charge is 0.478 e. The van der Waals surface area contributed by atoms with E-state index in [1.807, 2.05) is 12.3 Å². The maximum atomic E-state index is 11.3. The van der Waals surface area contributed by atoms with Crippen molar-refractivity contribution in [3.63, 3.8) is 0 Å². The Morgan fingerprint density at radius 2 is 2.11 bits per heavy atom. The van der Waals surface area contributed by atoms with Crippen LogP contribution >= 0.6 is 0 Å². The molecule has 4 aromatic rings. The lowest BCUT2D eigenvalue weighted by Gasteiger charge is -2.11. The Morgan fingerprint density at radius 1 is 1.21 bits per heavy atom. The summed E-state index contributed by atoms with van der Waals surface area (Å²) >= 11 is 0. The van der Waals surface area contributed by atoms with Gasteiger partial charge >= 0.3 is 5.97 Å². The predicted octanol–water partition coefficient (Wildman–Crippen LogP) is 1.65. The molecule has 1 aromatic carbocycles. The van der Waals surface area contributed by atoms with E-state index >= 15 is 0 Å². The van der Waals surface area contributed by atoms with Crippen molar-refractivity contribution < 1.29 is 14.6 Å². The molecule has 0 atom stereocenters. The van der Waals surface area contributed by atoms with E-state index < -0.39 is 5.97 Å². The van der Waals surface area contributed by atoms with Crippen LogP contribution in [0.5, 0.6) is 5.88 Å². The molecule has 0 saturated carbocycles. The van der Waals surface area contributed by atoms with Crippen LogP contribution in [0.3, 0.4) is 0 Å². The number of pyridine rings is 2. The van der Waals surface area contributed by atoms with Gasteiger partial charge in [-0.15, -0.1) is 5.10 Å². The summed E-state index contributed by atoms with van der Waals surface area (Å²) in [7, 11) is 0. The number of carboxylic acid groups (broad SMARTS) is 1. The first kappa shape index (κ1) is 17.8. The highest BCUT2D eigenvalue weighted by atomic mass is 16.5. The van der Waals surface area contributed by atoms with Crippen molar-refractivity contribution in [2.75, 3.05) is 13.2 Å². The van der Waals surface area contributed by atoms with Crippen molar-refractivity contribution in [1.82, 2.24) is 25.0 Å². The fourth-order valence-electron chi connectivity index (χ4n) is 3.01. The maximum absolute atomic E-state index is 11.3. The molecule has 0 radical (unpaired) electrons. The smallest absolute Gasteiger partial charge is 0.335 e. The van der Waals surface area contributed by atoms with E-state index in [0.717, 1.165) is 21.9 Å². The first-order chi connectivity index (χ1) is 13.7. The van der Waals surface area contributed by atoms with E-state index in [-0.39, 0.29) is 5.56 Å². The Balaban J connectivity index is 1.63. The SMILES string of the molecule is NCCc1cn(CCOc2nc3cc(C(=O)O)ccc3c3cnccc23)nn1. The molecule has 3 heterocycles. The summed E-state index contributed by atoms with van der Waals surface area (Å²) in [5, 5.41) is 19.8. The van der Waals surface area contributed by atoms with Crippen molar-refractivity contribution in [3.8, 4) is 5.88 Å². The minimum atomic E-state index is -1.00. The molecule has 0 aliphatic carbocycles. The van der Waals surface area contributed by atoms with Gasteiger partial charge in [-0.1, -0.05) is 11.3 Å². The first-order valence-electron chi connectivity index (χ1n) is 8.78. The van der Waals surface area contributed by atoms with Gasteiger partial charge < -0.3 is 15.6 Å². The van der Waals surface area contributed by atoms with Crippen LogP contribution in [-0.2, 0) is 13.0 Å². The summed E-state index contributed by atoms with van der Waals surface area (Å²) in [6.45, 7) is 1.35. The molecule has 142 valence electrons. The molecule has 0 fully saturated rings. The van der Waals surface area contributed by atoms with Gasteiger partial charge in [-0.25, -0.2) is 14.5 Å². The van der Waals surface area contributed by atoms with Gasteiger partial charge in [0.05, 0.1) is 23.3 Å². The second-order valence-corrected chi connectivity index (χ2v) is 6.24. The Labute approximate surface area is 159 Å². The molecule has 3 aromatic heterocycles. The Hall–Kier alpha value is -3.59. The second-order valence-electron chi connectivity index (χ2n) is 6.24. The number of aromatic nitrogens is 5. The summed E-state index contributed by atoms with van der Waals surface area (Å²) in [6, 6.07) is 6.67. The highest BCUT2D eigenvalue weighted by Gasteiger charge is 2.12. The van der Waals surface area contributed by atoms with Gasteiger partial charge in [0, 0.05) is 41.2 Å². The third kappa shape index (κ3) is 3.47. The van der Waals surface area contributed by atoms with Crippen LogP contribution in [-0.4, -0.2) is 49.2 Å². The van der Waals surface area contributed by atoms with Crippen LogP contribution in [0.25, 0.3) is 21.7 Å². The zero-order chi connectivity index (χ0) is 19.5. The normalized spacial score (nSPS) is 11.2. The van der Waals surface area contributed by atoms with E-state index in [1.54, 1.807) is 29.2 Å². The van der Waals surface area contributed by atoms with Crippen molar-refractivity contribution in [1.29, 1.82) is 0 Å². The minimum Gasteiger partial charge on any atom is -0.478 e. The number of nitrogens with two attached hydrogens (primary N) is 1. The zero-order valence-corrected chi connectivity index (χ0v) is 14.9. The Bertz CT molecular complexity index is 1160. The molecule has 9 nitrogen and oxygen atoms in total. The van der Waals surface area contributed by atoms with Gasteiger partial charge in [0.25, 0.3) is 0 Å². The zero-order valence-electron chi connectivity index (χ0n) is 14.9. The van der Waals surface area contributed by atoms with Crippen LogP contribution in [0.15, 0.2) is 42.9 Å². The summed E-state index contributed by atoms with van der Waals surface area (Å²) < 4.78 is 7.59. The van der Waals surface area contributed by atoms with Crippen molar-refractivity contribution in [3.05, 3.63) is 54.1 Å².